The summed E-state index contributed by atoms with van der Waals surface area (Å²) in [7, 11) is 0. The van der Waals surface area contributed by atoms with Crippen LogP contribution in [-0.2, 0) is 0 Å². The van der Waals surface area contributed by atoms with Crippen molar-refractivity contribution in [2.24, 2.45) is 0 Å². The van der Waals surface area contributed by atoms with E-state index in [0.717, 1.165) is 17.2 Å². The molecule has 2 amide bonds. The standard InChI is InChI=1S/C19H21F2N3O2/c1-12-7-17(18(25)8-13(12)2)22-19(26)24-5-3-23(4-6-24)16-10-14(20)9-15(21)11-16/h7-11,25H,3-6H2,1-2H3,(H,22,26). The van der Waals surface area contributed by atoms with E-state index >= 15 is 0 Å². The Labute approximate surface area is 150 Å². The molecular weight excluding hydrogens is 340 g/mol. The molecular formula is C19H21F2N3O2. The van der Waals surface area contributed by atoms with Gasteiger partial charge in [-0.15, -0.1) is 0 Å². The SMILES string of the molecule is Cc1cc(O)c(NC(=O)N2CCN(c3cc(F)cc(F)c3)CC2)cc1C. The van der Waals surface area contributed by atoms with Gasteiger partial charge in [-0.25, -0.2) is 13.6 Å². The molecule has 0 radical (unpaired) electrons. The molecule has 0 bridgehead atoms. The molecule has 2 aromatic rings. The molecule has 1 aliphatic rings. The van der Waals surface area contributed by atoms with Crippen molar-refractivity contribution in [1.82, 2.24) is 4.90 Å². The summed E-state index contributed by atoms with van der Waals surface area (Å²) in [6.45, 7) is 5.55. The van der Waals surface area contributed by atoms with E-state index in [1.54, 1.807) is 17.0 Å². The van der Waals surface area contributed by atoms with Crippen molar-refractivity contribution < 1.29 is 18.7 Å². The minimum Gasteiger partial charge on any atom is -0.506 e. The highest BCUT2D eigenvalue weighted by atomic mass is 19.1. The number of carbonyl (C=O) groups is 1. The molecule has 2 N–H and O–H groups in total. The van der Waals surface area contributed by atoms with E-state index < -0.39 is 11.6 Å². The average molecular weight is 361 g/mol. The van der Waals surface area contributed by atoms with E-state index in [0.29, 0.717) is 37.6 Å². The van der Waals surface area contributed by atoms with E-state index in [1.807, 2.05) is 18.7 Å². The number of anilines is 2. The normalized spacial score (nSPS) is 14.5. The molecule has 0 saturated carbocycles. The lowest BCUT2D eigenvalue weighted by Gasteiger charge is -2.36. The van der Waals surface area contributed by atoms with Gasteiger partial charge in [-0.2, -0.15) is 0 Å². The first-order valence-corrected chi connectivity index (χ1v) is 8.40. The highest BCUT2D eigenvalue weighted by Crippen LogP contribution is 2.27. The van der Waals surface area contributed by atoms with Crippen LogP contribution in [-0.4, -0.2) is 42.2 Å². The first-order chi connectivity index (χ1) is 12.3. The van der Waals surface area contributed by atoms with Crippen LogP contribution in [0.25, 0.3) is 0 Å². The number of aromatic hydroxyl groups is 1. The van der Waals surface area contributed by atoms with Crippen LogP contribution in [0.15, 0.2) is 30.3 Å². The van der Waals surface area contributed by atoms with E-state index in [2.05, 4.69) is 5.32 Å². The molecule has 5 nitrogen and oxygen atoms in total. The lowest BCUT2D eigenvalue weighted by Crippen LogP contribution is -2.50. The van der Waals surface area contributed by atoms with Crippen LogP contribution >= 0.6 is 0 Å². The van der Waals surface area contributed by atoms with Gasteiger partial charge >= 0.3 is 6.03 Å². The van der Waals surface area contributed by atoms with Gasteiger partial charge in [0.2, 0.25) is 0 Å². The number of amides is 2. The van der Waals surface area contributed by atoms with Crippen molar-refractivity contribution in [2.75, 3.05) is 36.4 Å². The Kier molecular flexibility index (Phi) is 4.97. The van der Waals surface area contributed by atoms with Crippen molar-refractivity contribution >= 4 is 17.4 Å². The number of benzene rings is 2. The molecule has 26 heavy (non-hydrogen) atoms. The zero-order chi connectivity index (χ0) is 18.8. The molecule has 1 heterocycles. The number of hydrogen-bond acceptors (Lipinski definition) is 3. The second-order valence-corrected chi connectivity index (χ2v) is 6.49. The third-order valence-corrected chi connectivity index (χ3v) is 4.63. The van der Waals surface area contributed by atoms with Crippen LogP contribution in [0, 0.1) is 25.5 Å². The van der Waals surface area contributed by atoms with Crippen LogP contribution in [0.5, 0.6) is 5.75 Å². The zero-order valence-electron chi connectivity index (χ0n) is 14.7. The number of phenolic OH excluding ortho intramolecular Hbond substituents is 1. The van der Waals surface area contributed by atoms with Crippen LogP contribution in [0.4, 0.5) is 25.0 Å². The average Bonchev–Trinajstić information content (AvgIpc) is 2.59. The van der Waals surface area contributed by atoms with Gasteiger partial charge in [0.25, 0.3) is 0 Å². The topological polar surface area (TPSA) is 55.8 Å². The Morgan fingerprint density at radius 1 is 0.962 bits per heavy atom. The number of phenols is 1. The Morgan fingerprint density at radius 3 is 2.15 bits per heavy atom. The summed E-state index contributed by atoms with van der Waals surface area (Å²) in [4.78, 5) is 15.9. The van der Waals surface area contributed by atoms with E-state index in [-0.39, 0.29) is 11.8 Å². The summed E-state index contributed by atoms with van der Waals surface area (Å²) >= 11 is 0. The Hall–Kier alpha value is -2.83. The molecule has 0 spiro atoms. The van der Waals surface area contributed by atoms with Crippen LogP contribution in [0.1, 0.15) is 11.1 Å². The first-order valence-electron chi connectivity index (χ1n) is 8.40. The maximum Gasteiger partial charge on any atom is 0.322 e. The fraction of sp³-hybridized carbons (Fsp3) is 0.316. The largest absolute Gasteiger partial charge is 0.506 e. The van der Waals surface area contributed by atoms with Crippen molar-refractivity contribution in [3.05, 3.63) is 53.1 Å². The minimum atomic E-state index is -0.620. The number of aryl methyl sites for hydroxylation is 2. The van der Waals surface area contributed by atoms with E-state index in [4.69, 9.17) is 0 Å². The second-order valence-electron chi connectivity index (χ2n) is 6.49. The third-order valence-electron chi connectivity index (χ3n) is 4.63. The van der Waals surface area contributed by atoms with Crippen molar-refractivity contribution in [2.45, 2.75) is 13.8 Å². The van der Waals surface area contributed by atoms with Gasteiger partial charge in [-0.05, 0) is 49.2 Å². The predicted octanol–water partition coefficient (Wildman–Crippen LogP) is 3.64. The molecule has 1 aliphatic heterocycles. The first kappa shape index (κ1) is 18.0. The highest BCUT2D eigenvalue weighted by Gasteiger charge is 2.22. The maximum atomic E-state index is 13.4. The van der Waals surface area contributed by atoms with E-state index in [1.165, 1.54) is 12.1 Å². The molecule has 3 rings (SSSR count). The van der Waals surface area contributed by atoms with Gasteiger partial charge in [0, 0.05) is 37.9 Å². The Bertz CT molecular complexity index is 814. The van der Waals surface area contributed by atoms with Crippen molar-refractivity contribution in [3.63, 3.8) is 0 Å². The number of urea groups is 1. The number of halogens is 2. The molecule has 2 aromatic carbocycles. The van der Waals surface area contributed by atoms with Crippen molar-refractivity contribution in [3.8, 4) is 5.75 Å². The van der Waals surface area contributed by atoms with E-state index in [9.17, 15) is 18.7 Å². The number of piperazine rings is 1. The summed E-state index contributed by atoms with van der Waals surface area (Å²) < 4.78 is 26.7. The smallest absolute Gasteiger partial charge is 0.322 e. The molecule has 0 aliphatic carbocycles. The zero-order valence-corrected chi connectivity index (χ0v) is 14.7. The Balaban J connectivity index is 1.63. The second kappa shape index (κ2) is 7.19. The molecule has 0 atom stereocenters. The van der Waals surface area contributed by atoms with Crippen LogP contribution < -0.4 is 10.2 Å². The number of carbonyl (C=O) groups excluding carboxylic acids is 1. The number of hydrogen-bond donors (Lipinski definition) is 2. The number of nitrogens with one attached hydrogen (secondary N) is 1. The lowest BCUT2D eigenvalue weighted by molar-refractivity contribution is 0.208. The minimum absolute atomic E-state index is 0.0234. The predicted molar refractivity (Wildman–Crippen MR) is 96.7 cm³/mol. The molecule has 0 aromatic heterocycles. The van der Waals surface area contributed by atoms with Gasteiger partial charge in [0.1, 0.15) is 17.4 Å². The van der Waals surface area contributed by atoms with Crippen LogP contribution in [0.2, 0.25) is 0 Å². The molecule has 7 heteroatoms. The molecule has 138 valence electrons. The van der Waals surface area contributed by atoms with Gasteiger partial charge in [0.15, 0.2) is 0 Å². The van der Waals surface area contributed by atoms with Gasteiger partial charge in [-0.3, -0.25) is 0 Å². The third kappa shape index (κ3) is 3.87. The van der Waals surface area contributed by atoms with Crippen molar-refractivity contribution in [1.29, 1.82) is 0 Å². The fourth-order valence-electron chi connectivity index (χ4n) is 2.98. The maximum absolute atomic E-state index is 13.4. The van der Waals surface area contributed by atoms with Crippen LogP contribution in [0.3, 0.4) is 0 Å². The summed E-state index contributed by atoms with van der Waals surface area (Å²) in [6, 6.07) is 6.44. The highest BCUT2D eigenvalue weighted by molar-refractivity contribution is 5.91. The monoisotopic (exact) mass is 361 g/mol. The van der Waals surface area contributed by atoms with Gasteiger partial charge < -0.3 is 20.2 Å². The summed E-state index contributed by atoms with van der Waals surface area (Å²) in [5.74, 6) is -1.22. The van der Waals surface area contributed by atoms with Gasteiger partial charge in [-0.1, -0.05) is 0 Å². The fourth-order valence-corrected chi connectivity index (χ4v) is 2.98. The molecule has 1 fully saturated rings. The number of nitrogens with zero attached hydrogens (tertiary/aromatic N) is 2. The molecule has 0 unspecified atom stereocenters. The van der Waals surface area contributed by atoms with Gasteiger partial charge in [0.05, 0.1) is 5.69 Å². The molecule has 1 saturated heterocycles. The summed E-state index contributed by atoms with van der Waals surface area (Å²) in [5, 5.41) is 12.7. The Morgan fingerprint density at radius 2 is 1.54 bits per heavy atom. The summed E-state index contributed by atoms with van der Waals surface area (Å²) in [6.07, 6.45) is 0. The lowest BCUT2D eigenvalue weighted by atomic mass is 10.1. The summed E-state index contributed by atoms with van der Waals surface area (Å²) in [5.41, 5.74) is 2.74. The number of rotatable bonds is 2. The quantitative estimate of drug-likeness (QED) is 0.803.